The zero-order chi connectivity index (χ0) is 21.0. The van der Waals surface area contributed by atoms with Gasteiger partial charge in [-0.1, -0.05) is 38.0 Å². The fourth-order valence-corrected chi connectivity index (χ4v) is 5.46. The van der Waals surface area contributed by atoms with Gasteiger partial charge in [-0.3, -0.25) is 4.79 Å². The zero-order valence-electron chi connectivity index (χ0n) is 16.8. The van der Waals surface area contributed by atoms with Crippen molar-refractivity contribution in [2.45, 2.75) is 57.1 Å². The Balaban J connectivity index is 1.80. The highest BCUT2D eigenvalue weighted by molar-refractivity contribution is 7.83. The molecule has 0 bridgehead atoms. The molecule has 0 saturated heterocycles. The van der Waals surface area contributed by atoms with Gasteiger partial charge < -0.3 is 5.11 Å². The number of carbonyl (C=O) groups is 1. The topological polar surface area (TPSA) is 66.4 Å². The lowest BCUT2D eigenvalue weighted by molar-refractivity contribution is -0.136. The molecule has 1 saturated carbocycles. The maximum Gasteiger partial charge on any atom is 0.307 e. The first-order valence-electron chi connectivity index (χ1n) is 10.1. The highest BCUT2D eigenvalue weighted by atomic mass is 32.2. The van der Waals surface area contributed by atoms with Gasteiger partial charge in [-0.15, -0.1) is 0 Å². The molecule has 0 heterocycles. The molecule has 6 heteroatoms. The summed E-state index contributed by atoms with van der Waals surface area (Å²) in [6, 6.07) is 6.33. The second-order valence-corrected chi connectivity index (χ2v) is 9.33. The molecule has 2 N–H and O–H groups in total. The van der Waals surface area contributed by atoms with Gasteiger partial charge in [-0.2, -0.15) is 0 Å². The van der Waals surface area contributed by atoms with Crippen LogP contribution < -0.4 is 4.72 Å². The molecular weight excluding hydrogens is 389 g/mol. The normalized spacial score (nSPS) is 16.1. The number of halogens is 1. The molecule has 3 rings (SSSR count). The highest BCUT2D eigenvalue weighted by Gasteiger charge is 2.20. The monoisotopic (exact) mass is 417 g/mol. The molecule has 1 unspecified atom stereocenters. The van der Waals surface area contributed by atoms with Gasteiger partial charge in [-0.05, 0) is 71.4 Å². The predicted octanol–water partition coefficient (Wildman–Crippen LogP) is 4.90. The van der Waals surface area contributed by atoms with Gasteiger partial charge in [0.05, 0.1) is 17.4 Å². The van der Waals surface area contributed by atoms with Gasteiger partial charge in [0.15, 0.2) is 0 Å². The molecule has 1 aliphatic carbocycles. The molecule has 0 aliphatic heterocycles. The van der Waals surface area contributed by atoms with Crippen LogP contribution in [0.2, 0.25) is 0 Å². The van der Waals surface area contributed by atoms with E-state index in [4.69, 9.17) is 0 Å². The van der Waals surface area contributed by atoms with Crippen molar-refractivity contribution in [2.75, 3.05) is 6.54 Å². The summed E-state index contributed by atoms with van der Waals surface area (Å²) in [5.41, 5.74) is 3.09. The summed E-state index contributed by atoms with van der Waals surface area (Å²) >= 11 is 0. The standard InChI is InChI=1S/C23H28FNO3S/c1-15(10-11-25-29(28)20-6-4-3-5-7-20)23-16(2)18(13-22(26)27)12-17-8-9-19(24)14-21(17)23/h8-9,12,14,20,25H,1,3-7,10-11,13H2,2H3,(H,26,27). The van der Waals surface area contributed by atoms with Crippen LogP contribution in [0.25, 0.3) is 16.3 Å². The number of hydrogen-bond donors (Lipinski definition) is 2. The van der Waals surface area contributed by atoms with Crippen molar-refractivity contribution >= 4 is 33.3 Å². The number of fused-ring (bicyclic) bond motifs is 1. The average Bonchev–Trinajstić information content (AvgIpc) is 2.69. The Labute approximate surface area is 173 Å². The smallest absolute Gasteiger partial charge is 0.307 e. The Kier molecular flexibility index (Phi) is 7.19. The zero-order valence-corrected chi connectivity index (χ0v) is 17.6. The first kappa shape index (κ1) is 21.7. The van der Waals surface area contributed by atoms with Crippen molar-refractivity contribution < 1.29 is 18.5 Å². The van der Waals surface area contributed by atoms with Crippen molar-refractivity contribution in [2.24, 2.45) is 0 Å². The second-order valence-electron chi connectivity index (χ2n) is 7.78. The summed E-state index contributed by atoms with van der Waals surface area (Å²) in [6.45, 7) is 6.56. The van der Waals surface area contributed by atoms with Gasteiger partial charge >= 0.3 is 5.97 Å². The minimum atomic E-state index is -1.06. The van der Waals surface area contributed by atoms with E-state index in [1.54, 1.807) is 6.07 Å². The van der Waals surface area contributed by atoms with Crippen molar-refractivity contribution in [3.05, 3.63) is 53.4 Å². The lowest BCUT2D eigenvalue weighted by Gasteiger charge is -2.21. The van der Waals surface area contributed by atoms with E-state index in [1.807, 2.05) is 13.0 Å². The van der Waals surface area contributed by atoms with E-state index in [-0.39, 0.29) is 17.5 Å². The minimum absolute atomic E-state index is 0.0939. The van der Waals surface area contributed by atoms with Crippen LogP contribution in [-0.2, 0) is 22.2 Å². The van der Waals surface area contributed by atoms with E-state index in [9.17, 15) is 18.5 Å². The minimum Gasteiger partial charge on any atom is -0.481 e. The average molecular weight is 418 g/mol. The van der Waals surface area contributed by atoms with Gasteiger partial charge in [0, 0.05) is 11.8 Å². The van der Waals surface area contributed by atoms with E-state index in [0.29, 0.717) is 18.5 Å². The Morgan fingerprint density at radius 1 is 1.28 bits per heavy atom. The molecule has 1 aliphatic rings. The maximum atomic E-state index is 13.9. The van der Waals surface area contributed by atoms with Crippen molar-refractivity contribution in [1.82, 2.24) is 4.72 Å². The largest absolute Gasteiger partial charge is 0.481 e. The van der Waals surface area contributed by atoms with Gasteiger partial charge in [-0.25, -0.2) is 13.3 Å². The fraction of sp³-hybridized carbons (Fsp3) is 0.435. The summed E-state index contributed by atoms with van der Waals surface area (Å²) in [5, 5.41) is 11.0. The van der Waals surface area contributed by atoms with Crippen LogP contribution in [-0.4, -0.2) is 27.1 Å². The van der Waals surface area contributed by atoms with Gasteiger partial charge in [0.2, 0.25) is 0 Å². The summed E-state index contributed by atoms with van der Waals surface area (Å²) in [6.07, 6.45) is 5.96. The van der Waals surface area contributed by atoms with E-state index in [1.165, 1.54) is 18.6 Å². The van der Waals surface area contributed by atoms with Crippen LogP contribution >= 0.6 is 0 Å². The first-order chi connectivity index (χ1) is 13.9. The van der Waals surface area contributed by atoms with E-state index in [2.05, 4.69) is 11.3 Å². The van der Waals surface area contributed by atoms with Crippen LogP contribution in [0.15, 0.2) is 30.8 Å². The van der Waals surface area contributed by atoms with Crippen LogP contribution in [0, 0.1) is 12.7 Å². The Bertz CT molecular complexity index is 951. The molecule has 1 fully saturated rings. The summed E-state index contributed by atoms with van der Waals surface area (Å²) in [7, 11) is -1.06. The number of benzene rings is 2. The number of aliphatic carboxylic acids is 1. The van der Waals surface area contributed by atoms with E-state index < -0.39 is 17.0 Å². The quantitative estimate of drug-likeness (QED) is 0.642. The third kappa shape index (κ3) is 5.31. The Hall–Kier alpha value is -2.05. The predicted molar refractivity (Wildman–Crippen MR) is 117 cm³/mol. The molecule has 0 aromatic heterocycles. The molecule has 2 aromatic carbocycles. The Morgan fingerprint density at radius 3 is 2.69 bits per heavy atom. The number of carboxylic acid groups (broad SMARTS) is 1. The van der Waals surface area contributed by atoms with Crippen molar-refractivity contribution in [3.8, 4) is 0 Å². The highest BCUT2D eigenvalue weighted by Crippen LogP contribution is 2.33. The van der Waals surface area contributed by atoms with Gasteiger partial charge in [0.25, 0.3) is 0 Å². The molecule has 1 atom stereocenters. The molecule has 4 nitrogen and oxygen atoms in total. The third-order valence-corrected chi connectivity index (χ3v) is 7.26. The molecule has 0 amide bonds. The lowest BCUT2D eigenvalue weighted by atomic mass is 9.88. The second kappa shape index (κ2) is 9.63. The molecule has 156 valence electrons. The van der Waals surface area contributed by atoms with E-state index >= 15 is 0 Å². The number of carboxylic acids is 1. The van der Waals surface area contributed by atoms with E-state index in [0.717, 1.165) is 53.2 Å². The van der Waals surface area contributed by atoms with Gasteiger partial charge in [0.1, 0.15) is 5.82 Å². The lowest BCUT2D eigenvalue weighted by Crippen LogP contribution is -2.30. The first-order valence-corrected chi connectivity index (χ1v) is 11.3. The molecule has 0 radical (unpaired) electrons. The fourth-order valence-electron chi connectivity index (χ4n) is 4.16. The Morgan fingerprint density at radius 2 is 2.00 bits per heavy atom. The number of rotatable bonds is 8. The van der Waals surface area contributed by atoms with Crippen LogP contribution in [0.3, 0.4) is 0 Å². The summed E-state index contributed by atoms with van der Waals surface area (Å²) < 4.78 is 29.5. The maximum absolute atomic E-state index is 13.9. The van der Waals surface area contributed by atoms with Crippen LogP contribution in [0.5, 0.6) is 0 Å². The third-order valence-electron chi connectivity index (χ3n) is 5.69. The van der Waals surface area contributed by atoms with Crippen LogP contribution in [0.1, 0.15) is 55.2 Å². The van der Waals surface area contributed by atoms with Crippen molar-refractivity contribution in [1.29, 1.82) is 0 Å². The number of nitrogens with one attached hydrogen (secondary N) is 1. The molecule has 2 aromatic rings. The molecule has 29 heavy (non-hydrogen) atoms. The van der Waals surface area contributed by atoms with Crippen molar-refractivity contribution in [3.63, 3.8) is 0 Å². The summed E-state index contributed by atoms with van der Waals surface area (Å²) in [5.74, 6) is -1.25. The van der Waals surface area contributed by atoms with Crippen LogP contribution in [0.4, 0.5) is 4.39 Å². The molecule has 0 spiro atoms. The summed E-state index contributed by atoms with van der Waals surface area (Å²) in [4.78, 5) is 11.3. The molecular formula is C23H28FNO3S. The SMILES string of the molecule is C=C(CCNS(=O)C1CCCCC1)c1c(C)c(CC(=O)O)cc2ccc(F)cc12. The number of hydrogen-bond acceptors (Lipinski definition) is 2.